The van der Waals surface area contributed by atoms with Crippen LogP contribution in [0.1, 0.15) is 23.3 Å². The van der Waals surface area contributed by atoms with Crippen molar-refractivity contribution >= 4 is 27.4 Å². The van der Waals surface area contributed by atoms with E-state index in [-0.39, 0.29) is 6.61 Å². The maximum atomic E-state index is 8.80. The van der Waals surface area contributed by atoms with Gasteiger partial charge < -0.3 is 10.4 Å². The van der Waals surface area contributed by atoms with Gasteiger partial charge in [0.2, 0.25) is 0 Å². The van der Waals surface area contributed by atoms with E-state index in [1.54, 1.807) is 17.7 Å². The van der Waals surface area contributed by atoms with E-state index in [0.29, 0.717) is 0 Å². The molecule has 0 spiro atoms. The quantitative estimate of drug-likeness (QED) is 0.813. The first-order valence-corrected chi connectivity index (χ1v) is 6.82. The van der Waals surface area contributed by atoms with Crippen LogP contribution in [-0.2, 0) is 12.8 Å². The van der Waals surface area contributed by atoms with Gasteiger partial charge in [-0.1, -0.05) is 0 Å². The molecule has 0 amide bonds. The molecular weight excluding hydrogens is 234 g/mol. The van der Waals surface area contributed by atoms with Gasteiger partial charge in [0, 0.05) is 18.0 Å². The molecular formula is C12H15N3OS. The standard InChI is InChI=1S/C12H15N3OS/c16-6-2-5-13-11-10-8-3-1-4-9(8)17-12(10)15-7-14-11/h7,16H,1-6H2,(H,13,14,15). The Morgan fingerprint density at radius 1 is 1.35 bits per heavy atom. The first-order chi connectivity index (χ1) is 8.40. The first kappa shape index (κ1) is 10.9. The van der Waals surface area contributed by atoms with E-state index in [4.69, 9.17) is 5.11 Å². The fraction of sp³-hybridized carbons (Fsp3) is 0.500. The molecule has 90 valence electrons. The Morgan fingerprint density at radius 2 is 2.29 bits per heavy atom. The number of nitrogens with zero attached hydrogens (tertiary/aromatic N) is 2. The molecule has 2 heterocycles. The van der Waals surface area contributed by atoms with Crippen LogP contribution in [0.15, 0.2) is 6.33 Å². The van der Waals surface area contributed by atoms with Crippen molar-refractivity contribution in [3.63, 3.8) is 0 Å². The number of hydrogen-bond donors (Lipinski definition) is 2. The second-order valence-electron chi connectivity index (χ2n) is 4.26. The third kappa shape index (κ3) is 1.89. The number of fused-ring (bicyclic) bond motifs is 3. The minimum Gasteiger partial charge on any atom is -0.396 e. The molecule has 0 bridgehead atoms. The fourth-order valence-electron chi connectivity index (χ4n) is 2.35. The van der Waals surface area contributed by atoms with Crippen LogP contribution in [-0.4, -0.2) is 28.2 Å². The van der Waals surface area contributed by atoms with Gasteiger partial charge in [0.05, 0.1) is 5.39 Å². The van der Waals surface area contributed by atoms with E-state index in [1.165, 1.54) is 28.7 Å². The van der Waals surface area contributed by atoms with Crippen molar-refractivity contribution in [2.75, 3.05) is 18.5 Å². The first-order valence-electron chi connectivity index (χ1n) is 6.00. The monoisotopic (exact) mass is 249 g/mol. The zero-order valence-corrected chi connectivity index (χ0v) is 10.4. The highest BCUT2D eigenvalue weighted by atomic mass is 32.1. The Hall–Kier alpha value is -1.20. The molecule has 2 aromatic heterocycles. The number of aromatic nitrogens is 2. The van der Waals surface area contributed by atoms with Gasteiger partial charge in [0.25, 0.3) is 0 Å². The molecule has 0 unspecified atom stereocenters. The Morgan fingerprint density at radius 3 is 3.18 bits per heavy atom. The van der Waals surface area contributed by atoms with Crippen LogP contribution in [0.3, 0.4) is 0 Å². The van der Waals surface area contributed by atoms with Crippen LogP contribution >= 0.6 is 11.3 Å². The van der Waals surface area contributed by atoms with Crippen molar-refractivity contribution in [1.29, 1.82) is 0 Å². The van der Waals surface area contributed by atoms with Crippen molar-refractivity contribution in [2.45, 2.75) is 25.7 Å². The molecule has 0 saturated carbocycles. The summed E-state index contributed by atoms with van der Waals surface area (Å²) in [5.74, 6) is 0.933. The number of rotatable bonds is 4. The third-order valence-electron chi connectivity index (χ3n) is 3.13. The highest BCUT2D eigenvalue weighted by Crippen LogP contribution is 2.38. The summed E-state index contributed by atoms with van der Waals surface area (Å²) < 4.78 is 0. The lowest BCUT2D eigenvalue weighted by Crippen LogP contribution is -2.05. The molecule has 5 heteroatoms. The zero-order chi connectivity index (χ0) is 11.7. The molecule has 2 N–H and O–H groups in total. The van der Waals surface area contributed by atoms with Gasteiger partial charge in [-0.2, -0.15) is 0 Å². The second-order valence-corrected chi connectivity index (χ2v) is 5.35. The summed E-state index contributed by atoms with van der Waals surface area (Å²) in [5.41, 5.74) is 1.44. The van der Waals surface area contributed by atoms with Crippen LogP contribution in [0.25, 0.3) is 10.2 Å². The van der Waals surface area contributed by atoms with E-state index in [1.807, 2.05) is 0 Å². The summed E-state index contributed by atoms with van der Waals surface area (Å²) in [6.07, 6.45) is 5.96. The van der Waals surface area contributed by atoms with Gasteiger partial charge in [-0.05, 0) is 31.2 Å². The number of aliphatic hydroxyl groups excluding tert-OH is 1. The largest absolute Gasteiger partial charge is 0.396 e. The molecule has 4 nitrogen and oxygen atoms in total. The van der Waals surface area contributed by atoms with Gasteiger partial charge in [-0.15, -0.1) is 11.3 Å². The van der Waals surface area contributed by atoms with Crippen LogP contribution in [0.5, 0.6) is 0 Å². The van der Waals surface area contributed by atoms with Crippen molar-refractivity contribution in [3.8, 4) is 0 Å². The van der Waals surface area contributed by atoms with Crippen LogP contribution < -0.4 is 5.32 Å². The summed E-state index contributed by atoms with van der Waals surface area (Å²) >= 11 is 1.80. The predicted molar refractivity (Wildman–Crippen MR) is 69.6 cm³/mol. The number of thiophene rings is 1. The van der Waals surface area contributed by atoms with Gasteiger partial charge in [0.15, 0.2) is 0 Å². The molecule has 0 fully saturated rings. The SMILES string of the molecule is OCCCNc1ncnc2sc3c(c12)CCC3. The molecule has 0 radical (unpaired) electrons. The minimum absolute atomic E-state index is 0.211. The van der Waals surface area contributed by atoms with E-state index >= 15 is 0 Å². The molecule has 1 aliphatic rings. The summed E-state index contributed by atoms with van der Waals surface area (Å²) in [7, 11) is 0. The maximum Gasteiger partial charge on any atom is 0.138 e. The summed E-state index contributed by atoms with van der Waals surface area (Å²) in [4.78, 5) is 11.3. The molecule has 0 aromatic carbocycles. The highest BCUT2D eigenvalue weighted by Gasteiger charge is 2.20. The van der Waals surface area contributed by atoms with E-state index in [2.05, 4.69) is 15.3 Å². The summed E-state index contributed by atoms with van der Waals surface area (Å²) in [6, 6.07) is 0. The maximum absolute atomic E-state index is 8.80. The minimum atomic E-state index is 0.211. The predicted octanol–water partition coefficient (Wildman–Crippen LogP) is 1.97. The highest BCUT2D eigenvalue weighted by molar-refractivity contribution is 7.19. The number of anilines is 1. The van der Waals surface area contributed by atoms with E-state index in [0.717, 1.165) is 30.0 Å². The lowest BCUT2D eigenvalue weighted by molar-refractivity contribution is 0.292. The Kier molecular flexibility index (Phi) is 2.94. The average molecular weight is 249 g/mol. The number of aryl methyl sites for hydroxylation is 2. The number of hydrogen-bond acceptors (Lipinski definition) is 5. The molecule has 0 atom stereocenters. The van der Waals surface area contributed by atoms with Gasteiger partial charge in [0.1, 0.15) is 17.0 Å². The van der Waals surface area contributed by atoms with Gasteiger partial charge in [-0.25, -0.2) is 9.97 Å². The van der Waals surface area contributed by atoms with Crippen molar-refractivity contribution in [1.82, 2.24) is 9.97 Å². The number of aliphatic hydroxyl groups is 1. The molecule has 1 aliphatic carbocycles. The molecule has 0 saturated heterocycles. The lowest BCUT2D eigenvalue weighted by Gasteiger charge is -2.06. The van der Waals surface area contributed by atoms with Crippen LogP contribution in [0, 0.1) is 0 Å². The van der Waals surface area contributed by atoms with E-state index < -0.39 is 0 Å². The van der Waals surface area contributed by atoms with E-state index in [9.17, 15) is 0 Å². The lowest BCUT2D eigenvalue weighted by atomic mass is 10.2. The zero-order valence-electron chi connectivity index (χ0n) is 9.57. The Bertz CT molecular complexity index is 538. The molecule has 17 heavy (non-hydrogen) atoms. The molecule has 2 aromatic rings. The van der Waals surface area contributed by atoms with Gasteiger partial charge in [-0.3, -0.25) is 0 Å². The fourth-order valence-corrected chi connectivity index (χ4v) is 3.58. The number of nitrogens with one attached hydrogen (secondary N) is 1. The van der Waals surface area contributed by atoms with Crippen LogP contribution in [0.4, 0.5) is 5.82 Å². The second kappa shape index (κ2) is 4.58. The van der Waals surface area contributed by atoms with Gasteiger partial charge >= 0.3 is 0 Å². The molecule has 0 aliphatic heterocycles. The average Bonchev–Trinajstić information content (AvgIpc) is 2.89. The third-order valence-corrected chi connectivity index (χ3v) is 4.33. The smallest absolute Gasteiger partial charge is 0.138 e. The van der Waals surface area contributed by atoms with Crippen molar-refractivity contribution in [3.05, 3.63) is 16.8 Å². The molecule has 3 rings (SSSR count). The Labute approximate surface area is 104 Å². The van der Waals surface area contributed by atoms with Crippen LogP contribution in [0.2, 0.25) is 0 Å². The summed E-state index contributed by atoms with van der Waals surface area (Å²) in [6.45, 7) is 0.968. The van der Waals surface area contributed by atoms with Crippen molar-refractivity contribution < 1.29 is 5.11 Å². The van der Waals surface area contributed by atoms with Crippen molar-refractivity contribution in [2.24, 2.45) is 0 Å². The Balaban J connectivity index is 1.99. The normalized spacial score (nSPS) is 14.2. The summed E-state index contributed by atoms with van der Waals surface area (Å²) in [5, 5.41) is 13.3. The topological polar surface area (TPSA) is 58.0 Å².